The molecule has 184 valence electrons. The zero-order chi connectivity index (χ0) is 25.6. The number of rotatable bonds is 9. The van der Waals surface area contributed by atoms with Gasteiger partial charge in [-0.05, 0) is 55.3 Å². The Morgan fingerprint density at radius 3 is 2.26 bits per heavy atom. The maximum atomic E-state index is 13.7. The molecule has 3 aromatic carbocycles. The van der Waals surface area contributed by atoms with Crippen molar-refractivity contribution < 1.29 is 18.0 Å². The highest BCUT2D eigenvalue weighted by atomic mass is 79.9. The van der Waals surface area contributed by atoms with Crippen LogP contribution in [0.25, 0.3) is 0 Å². The number of carbonyl (C=O) groups excluding carboxylic acids is 2. The first kappa shape index (κ1) is 26.4. The van der Waals surface area contributed by atoms with E-state index in [-0.39, 0.29) is 17.3 Å². The number of hydrogen-bond donors (Lipinski definition) is 1. The zero-order valence-corrected chi connectivity index (χ0v) is 22.2. The van der Waals surface area contributed by atoms with Crippen molar-refractivity contribution in [3.63, 3.8) is 0 Å². The second kappa shape index (κ2) is 11.5. The van der Waals surface area contributed by atoms with Crippen LogP contribution in [0.2, 0.25) is 0 Å². The van der Waals surface area contributed by atoms with Crippen LogP contribution in [-0.2, 0) is 26.2 Å². The maximum Gasteiger partial charge on any atom is 0.264 e. The molecule has 1 atom stereocenters. The van der Waals surface area contributed by atoms with E-state index in [2.05, 4.69) is 21.2 Å². The Hall–Kier alpha value is -3.17. The molecule has 35 heavy (non-hydrogen) atoms. The Balaban J connectivity index is 2.04. The fourth-order valence-electron chi connectivity index (χ4n) is 3.64. The molecule has 3 rings (SSSR count). The normalized spacial score (nSPS) is 12.0. The summed E-state index contributed by atoms with van der Waals surface area (Å²) in [6.45, 7) is 3.25. The maximum absolute atomic E-state index is 13.7. The van der Waals surface area contributed by atoms with E-state index in [0.29, 0.717) is 10.2 Å². The molecule has 2 amide bonds. The molecule has 0 aliphatic carbocycles. The van der Waals surface area contributed by atoms with Gasteiger partial charge >= 0.3 is 0 Å². The summed E-state index contributed by atoms with van der Waals surface area (Å²) in [6.07, 6.45) is 0. The Morgan fingerprint density at radius 1 is 0.971 bits per heavy atom. The Kier molecular flexibility index (Phi) is 8.69. The minimum absolute atomic E-state index is 0.0672. The van der Waals surface area contributed by atoms with E-state index in [1.54, 1.807) is 49.4 Å². The van der Waals surface area contributed by atoms with Gasteiger partial charge in [-0.25, -0.2) is 8.42 Å². The standard InChI is InChI=1S/C26H28BrN3O4S/c1-19-10-7-8-11-21(19)17-29(20(2)26(32)28-3)25(31)18-30(23-13-9-12-22(27)16-23)35(33,34)24-14-5-4-6-15-24/h4-16,20H,17-18H2,1-3H3,(H,28,32)/t20-/m1/s1. The van der Waals surface area contributed by atoms with Gasteiger partial charge in [0.05, 0.1) is 10.6 Å². The molecule has 3 aromatic rings. The van der Waals surface area contributed by atoms with Crippen LogP contribution in [0.4, 0.5) is 5.69 Å². The molecular weight excluding hydrogens is 530 g/mol. The van der Waals surface area contributed by atoms with Gasteiger partial charge in [0.1, 0.15) is 12.6 Å². The summed E-state index contributed by atoms with van der Waals surface area (Å²) in [5, 5.41) is 2.58. The van der Waals surface area contributed by atoms with Gasteiger partial charge in [0.25, 0.3) is 10.0 Å². The highest BCUT2D eigenvalue weighted by Crippen LogP contribution is 2.27. The van der Waals surface area contributed by atoms with Gasteiger partial charge in [-0.2, -0.15) is 0 Å². The SMILES string of the molecule is CNC(=O)[C@@H](C)N(Cc1ccccc1C)C(=O)CN(c1cccc(Br)c1)S(=O)(=O)c1ccccc1. The lowest BCUT2D eigenvalue weighted by Gasteiger charge is -2.32. The first-order chi connectivity index (χ1) is 16.6. The first-order valence-electron chi connectivity index (χ1n) is 11.0. The Morgan fingerprint density at radius 2 is 1.63 bits per heavy atom. The molecule has 1 N–H and O–H groups in total. The van der Waals surface area contributed by atoms with E-state index in [9.17, 15) is 18.0 Å². The summed E-state index contributed by atoms with van der Waals surface area (Å²) in [6, 6.07) is 21.5. The average molecular weight is 558 g/mol. The van der Waals surface area contributed by atoms with Crippen molar-refractivity contribution in [2.45, 2.75) is 31.3 Å². The number of benzene rings is 3. The Bertz CT molecular complexity index is 1300. The lowest BCUT2D eigenvalue weighted by molar-refractivity contribution is -0.139. The van der Waals surface area contributed by atoms with Gasteiger partial charge in [0.2, 0.25) is 11.8 Å². The number of sulfonamides is 1. The third-order valence-electron chi connectivity index (χ3n) is 5.72. The fourth-order valence-corrected chi connectivity index (χ4v) is 5.46. The van der Waals surface area contributed by atoms with Crippen LogP contribution < -0.4 is 9.62 Å². The first-order valence-corrected chi connectivity index (χ1v) is 13.3. The number of amides is 2. The van der Waals surface area contributed by atoms with Gasteiger partial charge in [-0.15, -0.1) is 0 Å². The summed E-state index contributed by atoms with van der Waals surface area (Å²) in [7, 11) is -2.56. The summed E-state index contributed by atoms with van der Waals surface area (Å²) in [5.74, 6) is -0.837. The van der Waals surface area contributed by atoms with Crippen molar-refractivity contribution in [3.8, 4) is 0 Å². The predicted octanol–water partition coefficient (Wildman–Crippen LogP) is 4.12. The van der Waals surface area contributed by atoms with Gasteiger partial charge < -0.3 is 10.2 Å². The lowest BCUT2D eigenvalue weighted by Crippen LogP contribution is -2.50. The smallest absolute Gasteiger partial charge is 0.264 e. The summed E-state index contributed by atoms with van der Waals surface area (Å²) in [4.78, 5) is 27.7. The third-order valence-corrected chi connectivity index (χ3v) is 8.00. The molecule has 0 radical (unpaired) electrons. The Labute approximate surface area is 214 Å². The number of nitrogens with one attached hydrogen (secondary N) is 1. The lowest BCUT2D eigenvalue weighted by atomic mass is 10.1. The van der Waals surface area contributed by atoms with E-state index >= 15 is 0 Å². The van der Waals surface area contributed by atoms with Crippen LogP contribution in [0.5, 0.6) is 0 Å². The minimum atomic E-state index is -4.07. The molecule has 0 aliphatic rings. The molecule has 0 spiro atoms. The molecule has 0 bridgehead atoms. The molecule has 0 unspecified atom stereocenters. The summed E-state index contributed by atoms with van der Waals surface area (Å²) >= 11 is 3.38. The van der Waals surface area contributed by atoms with E-state index < -0.39 is 28.5 Å². The molecule has 0 aromatic heterocycles. The number of aryl methyl sites for hydroxylation is 1. The molecular formula is C26H28BrN3O4S. The molecule has 0 aliphatic heterocycles. The van der Waals surface area contributed by atoms with Crippen molar-refractivity contribution >= 4 is 43.5 Å². The van der Waals surface area contributed by atoms with Crippen molar-refractivity contribution in [2.24, 2.45) is 0 Å². The van der Waals surface area contributed by atoms with Crippen LogP contribution in [-0.4, -0.2) is 44.8 Å². The van der Waals surface area contributed by atoms with Gasteiger partial charge in [-0.3, -0.25) is 13.9 Å². The molecule has 0 saturated carbocycles. The number of halogens is 1. The highest BCUT2D eigenvalue weighted by molar-refractivity contribution is 9.10. The van der Waals surface area contributed by atoms with E-state index in [0.717, 1.165) is 15.4 Å². The van der Waals surface area contributed by atoms with Gasteiger partial charge in [0.15, 0.2) is 0 Å². The highest BCUT2D eigenvalue weighted by Gasteiger charge is 2.32. The van der Waals surface area contributed by atoms with Crippen LogP contribution >= 0.6 is 15.9 Å². The van der Waals surface area contributed by atoms with E-state index in [4.69, 9.17) is 0 Å². The van der Waals surface area contributed by atoms with E-state index in [1.165, 1.54) is 24.1 Å². The summed E-state index contributed by atoms with van der Waals surface area (Å²) < 4.78 is 29.0. The summed E-state index contributed by atoms with van der Waals surface area (Å²) in [5.41, 5.74) is 2.17. The van der Waals surface area contributed by atoms with Gasteiger partial charge in [-0.1, -0.05) is 64.5 Å². The minimum Gasteiger partial charge on any atom is -0.357 e. The van der Waals surface area contributed by atoms with Gasteiger partial charge in [0, 0.05) is 18.1 Å². The van der Waals surface area contributed by atoms with Crippen molar-refractivity contribution in [1.29, 1.82) is 0 Å². The fraction of sp³-hybridized carbons (Fsp3) is 0.231. The topological polar surface area (TPSA) is 86.8 Å². The van der Waals surface area contributed by atoms with E-state index in [1.807, 2.05) is 31.2 Å². The molecule has 0 saturated heterocycles. The molecule has 0 fully saturated rings. The van der Waals surface area contributed by atoms with Crippen molar-refractivity contribution in [3.05, 3.63) is 94.5 Å². The molecule has 9 heteroatoms. The average Bonchev–Trinajstić information content (AvgIpc) is 2.86. The largest absolute Gasteiger partial charge is 0.357 e. The second-order valence-corrected chi connectivity index (χ2v) is 10.8. The number of carbonyl (C=O) groups is 2. The van der Waals surface area contributed by atoms with Crippen molar-refractivity contribution in [2.75, 3.05) is 17.9 Å². The van der Waals surface area contributed by atoms with Crippen LogP contribution in [0, 0.1) is 6.92 Å². The zero-order valence-electron chi connectivity index (χ0n) is 19.8. The van der Waals surface area contributed by atoms with Crippen molar-refractivity contribution in [1.82, 2.24) is 10.2 Å². The number of nitrogens with zero attached hydrogens (tertiary/aromatic N) is 2. The number of likely N-dealkylation sites (N-methyl/N-ethyl adjacent to an activating group) is 1. The molecule has 7 nitrogen and oxygen atoms in total. The second-order valence-electron chi connectivity index (χ2n) is 8.04. The predicted molar refractivity (Wildman–Crippen MR) is 140 cm³/mol. The molecule has 0 heterocycles. The monoisotopic (exact) mass is 557 g/mol. The van der Waals surface area contributed by atoms with Crippen LogP contribution in [0.15, 0.2) is 88.2 Å². The number of hydrogen-bond acceptors (Lipinski definition) is 4. The quantitative estimate of drug-likeness (QED) is 0.428. The number of anilines is 1. The van der Waals surface area contributed by atoms with Crippen LogP contribution in [0.3, 0.4) is 0 Å². The third kappa shape index (κ3) is 6.29. The van der Waals surface area contributed by atoms with Crippen LogP contribution in [0.1, 0.15) is 18.1 Å².